The number of carbonyl (C=O) groups is 3. The normalized spacial score (nSPS) is 9.96. The van der Waals surface area contributed by atoms with Crippen LogP contribution in [-0.2, 0) is 9.59 Å². The van der Waals surface area contributed by atoms with Crippen molar-refractivity contribution in [3.8, 4) is 5.75 Å². The van der Waals surface area contributed by atoms with E-state index < -0.39 is 17.7 Å². The first-order valence-corrected chi connectivity index (χ1v) is 6.69. The van der Waals surface area contributed by atoms with Crippen molar-refractivity contribution in [1.29, 1.82) is 0 Å². The lowest BCUT2D eigenvalue weighted by molar-refractivity contribution is -0.135. The molecule has 23 heavy (non-hydrogen) atoms. The topological polar surface area (TPSA) is 122 Å². The largest absolute Gasteiger partial charge is 0.506 e. The fraction of sp³-hybridized carbons (Fsp3) is 0.0625. The Morgan fingerprint density at radius 2 is 1.74 bits per heavy atom. The van der Waals surface area contributed by atoms with Gasteiger partial charge in [0.05, 0.1) is 11.3 Å². The van der Waals surface area contributed by atoms with Gasteiger partial charge in [0.2, 0.25) is 0 Å². The Morgan fingerprint density at radius 1 is 1.04 bits per heavy atom. The molecule has 0 aliphatic heterocycles. The molecule has 3 amide bonds. The molecule has 0 saturated heterocycles. The molecule has 0 unspecified atom stereocenters. The number of nitrogen functional groups attached to an aromatic ring is 1. The van der Waals surface area contributed by atoms with Crippen molar-refractivity contribution in [2.45, 2.75) is 6.92 Å². The number of benzene rings is 2. The highest BCUT2D eigenvalue weighted by Crippen LogP contribution is 2.23. The lowest BCUT2D eigenvalue weighted by Crippen LogP contribution is -2.39. The van der Waals surface area contributed by atoms with E-state index in [1.54, 1.807) is 25.1 Å². The Bertz CT molecular complexity index is 787. The van der Waals surface area contributed by atoms with Crippen molar-refractivity contribution < 1.29 is 19.5 Å². The van der Waals surface area contributed by atoms with E-state index in [1.807, 2.05) is 5.32 Å². The maximum Gasteiger partial charge on any atom is 0.316 e. The van der Waals surface area contributed by atoms with Crippen molar-refractivity contribution in [2.24, 2.45) is 0 Å². The van der Waals surface area contributed by atoms with Gasteiger partial charge >= 0.3 is 11.8 Å². The van der Waals surface area contributed by atoms with Gasteiger partial charge in [-0.3, -0.25) is 19.7 Å². The predicted molar refractivity (Wildman–Crippen MR) is 84.8 cm³/mol. The molecule has 0 atom stereocenters. The molecule has 7 heteroatoms. The Balaban J connectivity index is 2.06. The third kappa shape index (κ3) is 3.85. The summed E-state index contributed by atoms with van der Waals surface area (Å²) in [4.78, 5) is 35.5. The fourth-order valence-corrected chi connectivity index (χ4v) is 1.86. The minimum absolute atomic E-state index is 0.0804. The van der Waals surface area contributed by atoms with Gasteiger partial charge in [0.25, 0.3) is 5.91 Å². The highest BCUT2D eigenvalue weighted by atomic mass is 16.3. The van der Waals surface area contributed by atoms with E-state index in [0.717, 1.165) is 5.56 Å². The van der Waals surface area contributed by atoms with Crippen LogP contribution in [-0.4, -0.2) is 22.8 Å². The van der Waals surface area contributed by atoms with Crippen LogP contribution in [0.5, 0.6) is 5.75 Å². The second-order valence-corrected chi connectivity index (χ2v) is 4.85. The van der Waals surface area contributed by atoms with Crippen molar-refractivity contribution in [3.05, 3.63) is 53.6 Å². The minimum atomic E-state index is -1.15. The highest BCUT2D eigenvalue weighted by Gasteiger charge is 2.20. The number of hydrogen-bond acceptors (Lipinski definition) is 5. The van der Waals surface area contributed by atoms with E-state index in [4.69, 9.17) is 5.73 Å². The summed E-state index contributed by atoms with van der Waals surface area (Å²) in [5.41, 5.74) is 6.77. The second kappa shape index (κ2) is 6.61. The summed E-state index contributed by atoms with van der Waals surface area (Å²) in [5.74, 6) is -3.19. The average Bonchev–Trinajstić information content (AvgIpc) is 2.51. The van der Waals surface area contributed by atoms with Crippen molar-refractivity contribution in [2.75, 3.05) is 11.1 Å². The van der Waals surface area contributed by atoms with E-state index in [9.17, 15) is 19.5 Å². The Morgan fingerprint density at radius 3 is 2.43 bits per heavy atom. The Hall–Kier alpha value is -3.35. The number of aryl methyl sites for hydroxylation is 1. The SMILES string of the molecule is Cc1ccc(O)c(NC(=O)C(=O)NC(=O)c2ccccc2N)c1. The van der Waals surface area contributed by atoms with E-state index in [1.165, 1.54) is 24.3 Å². The summed E-state index contributed by atoms with van der Waals surface area (Å²) < 4.78 is 0. The van der Waals surface area contributed by atoms with Crippen LogP contribution < -0.4 is 16.4 Å². The summed E-state index contributed by atoms with van der Waals surface area (Å²) in [7, 11) is 0. The third-order valence-electron chi connectivity index (χ3n) is 3.04. The number of anilines is 2. The minimum Gasteiger partial charge on any atom is -0.506 e. The molecule has 7 nitrogen and oxygen atoms in total. The van der Waals surface area contributed by atoms with Gasteiger partial charge < -0.3 is 16.2 Å². The van der Waals surface area contributed by atoms with E-state index in [-0.39, 0.29) is 22.7 Å². The molecule has 5 N–H and O–H groups in total. The smallest absolute Gasteiger partial charge is 0.316 e. The van der Waals surface area contributed by atoms with Crippen LogP contribution in [0.4, 0.5) is 11.4 Å². The van der Waals surface area contributed by atoms with E-state index >= 15 is 0 Å². The standard InChI is InChI=1S/C16H15N3O4/c1-9-6-7-13(20)12(8-9)18-15(22)16(23)19-14(21)10-4-2-3-5-11(10)17/h2-8,20H,17H2,1H3,(H,18,22)(H,19,21,23). The maximum absolute atomic E-state index is 11.9. The number of hydrogen-bond donors (Lipinski definition) is 4. The number of carbonyl (C=O) groups excluding carboxylic acids is 3. The summed E-state index contributed by atoms with van der Waals surface area (Å²) in [6.45, 7) is 1.76. The summed E-state index contributed by atoms with van der Waals surface area (Å²) in [5, 5.41) is 13.8. The Kier molecular flexibility index (Phi) is 4.61. The molecule has 0 aliphatic carbocycles. The summed E-state index contributed by atoms with van der Waals surface area (Å²) in [6.07, 6.45) is 0. The Labute approximate surface area is 132 Å². The van der Waals surface area contributed by atoms with Crippen molar-refractivity contribution in [3.63, 3.8) is 0 Å². The van der Waals surface area contributed by atoms with Gasteiger partial charge in [-0.15, -0.1) is 0 Å². The van der Waals surface area contributed by atoms with Gasteiger partial charge in [0.15, 0.2) is 0 Å². The zero-order valence-electron chi connectivity index (χ0n) is 12.3. The van der Waals surface area contributed by atoms with Gasteiger partial charge in [-0.05, 0) is 36.8 Å². The quantitative estimate of drug-likeness (QED) is 0.377. The number of phenolic OH excluding ortho intramolecular Hbond substituents is 1. The van der Waals surface area contributed by atoms with Crippen LogP contribution >= 0.6 is 0 Å². The maximum atomic E-state index is 11.9. The number of phenols is 1. The first-order chi connectivity index (χ1) is 10.9. The average molecular weight is 313 g/mol. The number of amides is 3. The molecule has 0 aromatic heterocycles. The number of nitrogens with two attached hydrogens (primary N) is 1. The number of nitrogens with one attached hydrogen (secondary N) is 2. The lowest BCUT2D eigenvalue weighted by atomic mass is 10.1. The van der Waals surface area contributed by atoms with Gasteiger partial charge in [0, 0.05) is 5.69 Å². The molecule has 118 valence electrons. The molecular weight excluding hydrogens is 298 g/mol. The van der Waals surface area contributed by atoms with Gasteiger partial charge in [-0.2, -0.15) is 0 Å². The van der Waals surface area contributed by atoms with Crippen LogP contribution in [0.15, 0.2) is 42.5 Å². The zero-order valence-corrected chi connectivity index (χ0v) is 12.3. The number of aromatic hydroxyl groups is 1. The predicted octanol–water partition coefficient (Wildman–Crippen LogP) is 1.18. The monoisotopic (exact) mass is 313 g/mol. The van der Waals surface area contributed by atoms with Crippen molar-refractivity contribution >= 4 is 29.1 Å². The first-order valence-electron chi connectivity index (χ1n) is 6.69. The molecule has 0 radical (unpaired) electrons. The molecule has 0 heterocycles. The molecule has 0 saturated carbocycles. The van der Waals surface area contributed by atoms with Crippen LogP contribution in [0.2, 0.25) is 0 Å². The van der Waals surface area contributed by atoms with Gasteiger partial charge in [-0.25, -0.2) is 0 Å². The fourth-order valence-electron chi connectivity index (χ4n) is 1.86. The molecule has 2 aromatic rings. The van der Waals surface area contributed by atoms with Crippen LogP contribution in [0.1, 0.15) is 15.9 Å². The van der Waals surface area contributed by atoms with E-state index in [0.29, 0.717) is 0 Å². The number of para-hydroxylation sites is 1. The van der Waals surface area contributed by atoms with Crippen molar-refractivity contribution in [1.82, 2.24) is 5.32 Å². The highest BCUT2D eigenvalue weighted by molar-refractivity contribution is 6.42. The lowest BCUT2D eigenvalue weighted by Gasteiger charge is -2.09. The molecule has 0 fully saturated rings. The third-order valence-corrected chi connectivity index (χ3v) is 3.04. The van der Waals surface area contributed by atoms with Gasteiger partial charge in [-0.1, -0.05) is 18.2 Å². The molecule has 0 spiro atoms. The number of rotatable bonds is 2. The molecule has 0 bridgehead atoms. The van der Waals surface area contributed by atoms with E-state index in [2.05, 4.69) is 5.32 Å². The van der Waals surface area contributed by atoms with Gasteiger partial charge in [0.1, 0.15) is 5.75 Å². The summed E-state index contributed by atoms with van der Waals surface area (Å²) >= 11 is 0. The van der Waals surface area contributed by atoms with Crippen LogP contribution in [0, 0.1) is 6.92 Å². The molecular formula is C16H15N3O4. The number of imide groups is 1. The summed E-state index contributed by atoms with van der Waals surface area (Å²) in [6, 6.07) is 10.7. The molecule has 2 rings (SSSR count). The second-order valence-electron chi connectivity index (χ2n) is 4.85. The van der Waals surface area contributed by atoms with Crippen LogP contribution in [0.25, 0.3) is 0 Å². The zero-order chi connectivity index (χ0) is 17.0. The first kappa shape index (κ1) is 16.0. The van der Waals surface area contributed by atoms with Crippen LogP contribution in [0.3, 0.4) is 0 Å². The molecule has 0 aliphatic rings. The molecule has 2 aromatic carbocycles.